The lowest BCUT2D eigenvalue weighted by molar-refractivity contribution is -0.00549. The molecule has 0 amide bonds. The highest BCUT2D eigenvalue weighted by Gasteiger charge is 2.29. The van der Waals surface area contributed by atoms with Crippen LogP contribution >= 0.6 is 0 Å². The lowest BCUT2D eigenvalue weighted by Crippen LogP contribution is -2.28. The summed E-state index contributed by atoms with van der Waals surface area (Å²) < 4.78 is 5.70. The molecule has 1 N–H and O–H groups in total. The van der Waals surface area contributed by atoms with Gasteiger partial charge in [0.1, 0.15) is 0 Å². The Balaban J connectivity index is 2.02. The molecule has 14 heavy (non-hydrogen) atoms. The maximum Gasteiger partial charge on any atom is 0.0598 e. The summed E-state index contributed by atoms with van der Waals surface area (Å²) in [5, 5.41) is 3.41. The molecular formula is C12H25NO. The van der Waals surface area contributed by atoms with E-state index in [0.717, 1.165) is 18.6 Å². The van der Waals surface area contributed by atoms with E-state index in [-0.39, 0.29) is 5.60 Å². The van der Waals surface area contributed by atoms with Gasteiger partial charge in [-0.2, -0.15) is 0 Å². The SMILES string of the molecule is CNC(CCCOC(C)(C)C)C1CC1. The molecule has 0 heterocycles. The molecule has 2 heteroatoms. The molecule has 0 aromatic carbocycles. The zero-order valence-electron chi connectivity index (χ0n) is 10.1. The minimum absolute atomic E-state index is 0.0225. The molecule has 1 fully saturated rings. The van der Waals surface area contributed by atoms with Gasteiger partial charge in [0.2, 0.25) is 0 Å². The fraction of sp³-hybridized carbons (Fsp3) is 1.00. The van der Waals surface area contributed by atoms with Crippen LogP contribution in [0.5, 0.6) is 0 Å². The third-order valence-corrected chi connectivity index (χ3v) is 2.76. The van der Waals surface area contributed by atoms with Gasteiger partial charge in [0, 0.05) is 12.6 Å². The lowest BCUT2D eigenvalue weighted by Gasteiger charge is -2.21. The smallest absolute Gasteiger partial charge is 0.0598 e. The quantitative estimate of drug-likeness (QED) is 0.664. The van der Waals surface area contributed by atoms with E-state index in [9.17, 15) is 0 Å². The van der Waals surface area contributed by atoms with Crippen molar-refractivity contribution < 1.29 is 4.74 Å². The second-order valence-corrected chi connectivity index (χ2v) is 5.34. The maximum absolute atomic E-state index is 5.70. The number of hydrogen-bond donors (Lipinski definition) is 1. The Bertz CT molecular complexity index is 158. The van der Waals surface area contributed by atoms with Gasteiger partial charge in [-0.15, -0.1) is 0 Å². The highest BCUT2D eigenvalue weighted by Crippen LogP contribution is 2.34. The second kappa shape index (κ2) is 5.13. The van der Waals surface area contributed by atoms with Gasteiger partial charge in [-0.3, -0.25) is 0 Å². The first kappa shape index (κ1) is 12.0. The van der Waals surface area contributed by atoms with Crippen molar-refractivity contribution in [3.8, 4) is 0 Å². The van der Waals surface area contributed by atoms with Crippen molar-refractivity contribution in [3.63, 3.8) is 0 Å². The first-order valence-electron chi connectivity index (χ1n) is 5.84. The molecule has 0 radical (unpaired) electrons. The maximum atomic E-state index is 5.70. The largest absolute Gasteiger partial charge is 0.376 e. The molecule has 0 bridgehead atoms. The summed E-state index contributed by atoms with van der Waals surface area (Å²) in [5.41, 5.74) is 0.0225. The van der Waals surface area contributed by atoms with Gasteiger partial charge < -0.3 is 10.1 Å². The van der Waals surface area contributed by atoms with Crippen molar-refractivity contribution in [2.24, 2.45) is 5.92 Å². The molecule has 1 saturated carbocycles. The molecule has 1 unspecified atom stereocenters. The first-order valence-corrected chi connectivity index (χ1v) is 5.84. The predicted octanol–water partition coefficient (Wildman–Crippen LogP) is 2.58. The van der Waals surface area contributed by atoms with E-state index in [1.165, 1.54) is 25.7 Å². The Morgan fingerprint density at radius 2 is 2.00 bits per heavy atom. The van der Waals surface area contributed by atoms with Crippen LogP contribution in [0.25, 0.3) is 0 Å². The summed E-state index contributed by atoms with van der Waals surface area (Å²) in [4.78, 5) is 0. The van der Waals surface area contributed by atoms with Gasteiger partial charge in [0.05, 0.1) is 5.60 Å². The minimum Gasteiger partial charge on any atom is -0.376 e. The van der Waals surface area contributed by atoms with Crippen LogP contribution < -0.4 is 5.32 Å². The average Bonchev–Trinajstić information content (AvgIpc) is 2.86. The molecule has 0 aromatic rings. The van der Waals surface area contributed by atoms with Gasteiger partial charge in [-0.1, -0.05) is 0 Å². The summed E-state index contributed by atoms with van der Waals surface area (Å²) in [6, 6.07) is 0.735. The molecular weight excluding hydrogens is 174 g/mol. The van der Waals surface area contributed by atoms with E-state index < -0.39 is 0 Å². The number of ether oxygens (including phenoxy) is 1. The van der Waals surface area contributed by atoms with Crippen molar-refractivity contribution in [3.05, 3.63) is 0 Å². The lowest BCUT2D eigenvalue weighted by atomic mass is 10.1. The van der Waals surface area contributed by atoms with Crippen molar-refractivity contribution in [1.29, 1.82) is 0 Å². The fourth-order valence-electron chi connectivity index (χ4n) is 1.80. The molecule has 0 aromatic heterocycles. The topological polar surface area (TPSA) is 21.3 Å². The van der Waals surface area contributed by atoms with Crippen LogP contribution in [-0.2, 0) is 4.74 Å². The highest BCUT2D eigenvalue weighted by atomic mass is 16.5. The third kappa shape index (κ3) is 4.97. The molecule has 1 atom stereocenters. The predicted molar refractivity (Wildman–Crippen MR) is 60.5 cm³/mol. The van der Waals surface area contributed by atoms with Crippen LogP contribution in [0, 0.1) is 5.92 Å². The summed E-state index contributed by atoms with van der Waals surface area (Å²) in [5.74, 6) is 0.953. The summed E-state index contributed by atoms with van der Waals surface area (Å²) in [6.07, 6.45) is 5.29. The molecule has 84 valence electrons. The summed E-state index contributed by atoms with van der Waals surface area (Å²) in [6.45, 7) is 7.24. The van der Waals surface area contributed by atoms with Crippen LogP contribution in [-0.4, -0.2) is 25.3 Å². The fourth-order valence-corrected chi connectivity index (χ4v) is 1.80. The van der Waals surface area contributed by atoms with Crippen molar-refractivity contribution >= 4 is 0 Å². The van der Waals surface area contributed by atoms with E-state index in [4.69, 9.17) is 4.74 Å². The van der Waals surface area contributed by atoms with Crippen LogP contribution in [0.1, 0.15) is 46.5 Å². The molecule has 0 aliphatic heterocycles. The Kier molecular flexibility index (Phi) is 4.39. The van der Waals surface area contributed by atoms with E-state index in [1.807, 2.05) is 0 Å². The normalized spacial score (nSPS) is 19.7. The number of rotatable bonds is 6. The van der Waals surface area contributed by atoms with E-state index in [0.29, 0.717) is 0 Å². The van der Waals surface area contributed by atoms with Gasteiger partial charge in [0.25, 0.3) is 0 Å². The molecule has 1 aliphatic rings. The van der Waals surface area contributed by atoms with Crippen molar-refractivity contribution in [1.82, 2.24) is 5.32 Å². The van der Waals surface area contributed by atoms with Gasteiger partial charge >= 0.3 is 0 Å². The van der Waals surface area contributed by atoms with Crippen LogP contribution in [0.15, 0.2) is 0 Å². The molecule has 1 rings (SSSR count). The molecule has 0 saturated heterocycles. The Morgan fingerprint density at radius 3 is 2.43 bits per heavy atom. The second-order valence-electron chi connectivity index (χ2n) is 5.34. The highest BCUT2D eigenvalue weighted by molar-refractivity contribution is 4.85. The summed E-state index contributed by atoms with van der Waals surface area (Å²) >= 11 is 0. The first-order chi connectivity index (χ1) is 6.53. The molecule has 1 aliphatic carbocycles. The Hall–Kier alpha value is -0.0800. The van der Waals surface area contributed by atoms with E-state index in [1.54, 1.807) is 0 Å². The Morgan fingerprint density at radius 1 is 1.36 bits per heavy atom. The minimum atomic E-state index is 0.0225. The molecule has 2 nitrogen and oxygen atoms in total. The average molecular weight is 199 g/mol. The van der Waals surface area contributed by atoms with E-state index in [2.05, 4.69) is 33.1 Å². The van der Waals surface area contributed by atoms with Gasteiger partial charge in [-0.25, -0.2) is 0 Å². The van der Waals surface area contributed by atoms with Crippen LogP contribution in [0.3, 0.4) is 0 Å². The van der Waals surface area contributed by atoms with Crippen molar-refractivity contribution in [2.75, 3.05) is 13.7 Å². The van der Waals surface area contributed by atoms with Crippen molar-refractivity contribution in [2.45, 2.75) is 58.1 Å². The monoisotopic (exact) mass is 199 g/mol. The van der Waals surface area contributed by atoms with E-state index >= 15 is 0 Å². The standard InChI is InChI=1S/C12H25NO/c1-12(2,3)14-9-5-6-11(13-4)10-7-8-10/h10-11,13H,5-9H2,1-4H3. The summed E-state index contributed by atoms with van der Waals surface area (Å²) in [7, 11) is 2.08. The third-order valence-electron chi connectivity index (χ3n) is 2.76. The number of hydrogen-bond acceptors (Lipinski definition) is 2. The van der Waals surface area contributed by atoms with Gasteiger partial charge in [-0.05, 0) is 59.4 Å². The van der Waals surface area contributed by atoms with Gasteiger partial charge in [0.15, 0.2) is 0 Å². The number of nitrogens with one attached hydrogen (secondary N) is 1. The molecule has 0 spiro atoms. The zero-order chi connectivity index (χ0) is 10.6. The Labute approximate surface area is 88.4 Å². The van der Waals surface area contributed by atoms with Crippen LogP contribution in [0.2, 0.25) is 0 Å². The van der Waals surface area contributed by atoms with Crippen LogP contribution in [0.4, 0.5) is 0 Å². The zero-order valence-corrected chi connectivity index (χ0v) is 10.1.